The van der Waals surface area contributed by atoms with Crippen molar-refractivity contribution in [2.24, 2.45) is 0 Å². The van der Waals surface area contributed by atoms with Crippen LogP contribution in [0.2, 0.25) is 0 Å². The number of nitrogens with zero attached hydrogens (tertiary/aromatic N) is 1. The second-order valence-electron chi connectivity index (χ2n) is 3.77. The van der Waals surface area contributed by atoms with Crippen LogP contribution in [0.15, 0.2) is 24.3 Å². The molecule has 0 saturated heterocycles. The van der Waals surface area contributed by atoms with Crippen LogP contribution in [0, 0.1) is 0 Å². The summed E-state index contributed by atoms with van der Waals surface area (Å²) in [6.45, 7) is 3.17. The molecule has 0 heterocycles. The second kappa shape index (κ2) is 3.88. The van der Waals surface area contributed by atoms with Crippen molar-refractivity contribution in [1.82, 2.24) is 0 Å². The van der Waals surface area contributed by atoms with Gasteiger partial charge in [-0.15, -0.1) is 5.23 Å². The molecule has 0 bridgehead atoms. The highest BCUT2D eigenvalue weighted by Crippen LogP contribution is 2.25. The third kappa shape index (κ3) is 2.26. The zero-order valence-electron chi connectivity index (χ0n) is 8.51. The normalized spacial score (nSPS) is 11.2. The SMILES string of the molecule is CC(C)(C(=O)O)c1ccc(N(O)O)cc1. The smallest absolute Gasteiger partial charge is 0.313 e. The van der Waals surface area contributed by atoms with Crippen LogP contribution in [-0.2, 0) is 10.2 Å². The predicted molar refractivity (Wildman–Crippen MR) is 53.2 cm³/mol. The lowest BCUT2D eigenvalue weighted by Crippen LogP contribution is -2.28. The summed E-state index contributed by atoms with van der Waals surface area (Å²) in [5.41, 5.74) is -0.214. The maximum Gasteiger partial charge on any atom is 0.313 e. The van der Waals surface area contributed by atoms with Gasteiger partial charge in [0, 0.05) is 0 Å². The van der Waals surface area contributed by atoms with Crippen molar-refractivity contribution in [2.45, 2.75) is 19.3 Å². The minimum Gasteiger partial charge on any atom is -0.481 e. The molecule has 0 unspecified atom stereocenters. The third-order valence-corrected chi connectivity index (χ3v) is 2.35. The van der Waals surface area contributed by atoms with Gasteiger partial charge in [0.05, 0.1) is 11.1 Å². The topological polar surface area (TPSA) is 81.0 Å². The molecule has 0 fully saturated rings. The largest absolute Gasteiger partial charge is 0.481 e. The van der Waals surface area contributed by atoms with Gasteiger partial charge in [0.2, 0.25) is 0 Å². The second-order valence-corrected chi connectivity index (χ2v) is 3.77. The summed E-state index contributed by atoms with van der Waals surface area (Å²) in [7, 11) is 0. The highest BCUT2D eigenvalue weighted by Gasteiger charge is 2.29. The van der Waals surface area contributed by atoms with Crippen molar-refractivity contribution in [3.8, 4) is 0 Å². The average Bonchev–Trinajstić information content (AvgIpc) is 2.17. The van der Waals surface area contributed by atoms with E-state index in [4.69, 9.17) is 15.5 Å². The molecule has 1 aromatic rings. The van der Waals surface area contributed by atoms with Gasteiger partial charge in [-0.2, -0.15) is 0 Å². The quantitative estimate of drug-likeness (QED) is 0.662. The van der Waals surface area contributed by atoms with Crippen molar-refractivity contribution in [3.05, 3.63) is 29.8 Å². The minimum absolute atomic E-state index is 0.0163. The van der Waals surface area contributed by atoms with Gasteiger partial charge in [0.1, 0.15) is 0 Å². The van der Waals surface area contributed by atoms with E-state index in [1.165, 1.54) is 12.1 Å². The monoisotopic (exact) mass is 211 g/mol. The van der Waals surface area contributed by atoms with Crippen LogP contribution in [0.4, 0.5) is 5.69 Å². The summed E-state index contributed by atoms with van der Waals surface area (Å²) in [6, 6.07) is 5.95. The van der Waals surface area contributed by atoms with Gasteiger partial charge in [0.15, 0.2) is 0 Å². The number of benzene rings is 1. The van der Waals surface area contributed by atoms with Gasteiger partial charge in [-0.25, -0.2) is 0 Å². The highest BCUT2D eigenvalue weighted by molar-refractivity contribution is 5.80. The summed E-state index contributed by atoms with van der Waals surface area (Å²) < 4.78 is 0. The summed E-state index contributed by atoms with van der Waals surface area (Å²) in [6.07, 6.45) is 0. The molecule has 0 aliphatic rings. The average molecular weight is 211 g/mol. The molecule has 5 nitrogen and oxygen atoms in total. The van der Waals surface area contributed by atoms with Gasteiger partial charge in [0.25, 0.3) is 0 Å². The van der Waals surface area contributed by atoms with Crippen LogP contribution in [-0.4, -0.2) is 21.5 Å². The summed E-state index contributed by atoms with van der Waals surface area (Å²) in [5, 5.41) is 26.3. The fraction of sp³-hybridized carbons (Fsp3) is 0.300. The number of carboxylic acids is 1. The van der Waals surface area contributed by atoms with E-state index in [0.29, 0.717) is 5.56 Å². The molecule has 0 spiro atoms. The molecule has 0 aliphatic heterocycles. The van der Waals surface area contributed by atoms with Crippen LogP contribution >= 0.6 is 0 Å². The van der Waals surface area contributed by atoms with E-state index in [2.05, 4.69) is 0 Å². The van der Waals surface area contributed by atoms with Crippen LogP contribution in [0.1, 0.15) is 19.4 Å². The Morgan fingerprint density at radius 2 is 1.67 bits per heavy atom. The Balaban J connectivity index is 3.04. The van der Waals surface area contributed by atoms with E-state index >= 15 is 0 Å². The number of rotatable bonds is 3. The Morgan fingerprint density at radius 3 is 2.00 bits per heavy atom. The molecule has 82 valence electrons. The number of hydrogen-bond acceptors (Lipinski definition) is 4. The Kier molecular flexibility index (Phi) is 2.97. The predicted octanol–water partition coefficient (Wildman–Crippen LogP) is 1.63. The molecule has 1 rings (SSSR count). The molecule has 0 saturated carbocycles. The molecule has 15 heavy (non-hydrogen) atoms. The number of aliphatic carboxylic acids is 1. The van der Waals surface area contributed by atoms with Crippen LogP contribution in [0.3, 0.4) is 0 Å². The molecule has 5 heteroatoms. The minimum atomic E-state index is -0.992. The van der Waals surface area contributed by atoms with Crippen LogP contribution < -0.4 is 5.23 Å². The lowest BCUT2D eigenvalue weighted by Gasteiger charge is -2.20. The van der Waals surface area contributed by atoms with E-state index in [-0.39, 0.29) is 10.9 Å². The standard InChI is InChI=1S/C10H13NO4/c1-10(2,9(12)13)7-3-5-8(6-4-7)11(14)15/h3-6,14-15H,1-2H3,(H,12,13). The maximum atomic E-state index is 10.9. The molecular formula is C10H13NO4. The summed E-state index contributed by atoms with van der Waals surface area (Å²) >= 11 is 0. The Bertz CT molecular complexity index is 356. The van der Waals surface area contributed by atoms with E-state index < -0.39 is 11.4 Å². The molecule has 0 aromatic heterocycles. The van der Waals surface area contributed by atoms with E-state index in [1.54, 1.807) is 26.0 Å². The molecule has 0 amide bonds. The van der Waals surface area contributed by atoms with Gasteiger partial charge < -0.3 is 5.11 Å². The van der Waals surface area contributed by atoms with Crippen LogP contribution in [0.5, 0.6) is 0 Å². The Hall–Kier alpha value is -1.59. The molecule has 1 aromatic carbocycles. The number of carbonyl (C=O) groups is 1. The number of carboxylic acid groups (broad SMARTS) is 1. The first-order chi connectivity index (χ1) is 6.85. The zero-order valence-corrected chi connectivity index (χ0v) is 8.51. The van der Waals surface area contributed by atoms with E-state index in [0.717, 1.165) is 0 Å². The number of hydrogen-bond donors (Lipinski definition) is 3. The van der Waals surface area contributed by atoms with E-state index in [9.17, 15) is 4.79 Å². The molecule has 0 radical (unpaired) electrons. The van der Waals surface area contributed by atoms with Gasteiger partial charge in [-0.05, 0) is 31.5 Å². The van der Waals surface area contributed by atoms with E-state index in [1.807, 2.05) is 0 Å². The first-order valence-electron chi connectivity index (χ1n) is 4.37. The molecular weight excluding hydrogens is 198 g/mol. The summed E-state index contributed by atoms with van der Waals surface area (Å²) in [4.78, 5) is 10.9. The van der Waals surface area contributed by atoms with Gasteiger partial charge >= 0.3 is 5.97 Å². The lowest BCUT2D eigenvalue weighted by atomic mass is 9.85. The van der Waals surface area contributed by atoms with Gasteiger partial charge in [-0.3, -0.25) is 15.2 Å². The lowest BCUT2D eigenvalue weighted by molar-refractivity contribution is -0.142. The van der Waals surface area contributed by atoms with Crippen molar-refractivity contribution in [3.63, 3.8) is 0 Å². The highest BCUT2D eigenvalue weighted by atomic mass is 16.8. The third-order valence-electron chi connectivity index (χ3n) is 2.35. The maximum absolute atomic E-state index is 10.9. The fourth-order valence-electron chi connectivity index (χ4n) is 1.13. The van der Waals surface area contributed by atoms with Crippen molar-refractivity contribution in [2.75, 3.05) is 5.23 Å². The van der Waals surface area contributed by atoms with Gasteiger partial charge in [-0.1, -0.05) is 12.1 Å². The molecule has 0 atom stereocenters. The fourth-order valence-corrected chi connectivity index (χ4v) is 1.13. The van der Waals surface area contributed by atoms with Crippen molar-refractivity contribution >= 4 is 11.7 Å². The van der Waals surface area contributed by atoms with Crippen molar-refractivity contribution in [1.29, 1.82) is 0 Å². The molecule has 0 aliphatic carbocycles. The summed E-state index contributed by atoms with van der Waals surface area (Å²) in [5.74, 6) is -0.930. The molecule has 3 N–H and O–H groups in total. The van der Waals surface area contributed by atoms with Crippen LogP contribution in [0.25, 0.3) is 0 Å². The van der Waals surface area contributed by atoms with Crippen molar-refractivity contribution < 1.29 is 20.3 Å². The Labute approximate surface area is 87.1 Å². The first-order valence-corrected chi connectivity index (χ1v) is 4.37. The first kappa shape index (κ1) is 11.5. The Morgan fingerprint density at radius 1 is 1.20 bits per heavy atom. The zero-order chi connectivity index (χ0) is 11.6. The number of anilines is 1.